The summed E-state index contributed by atoms with van der Waals surface area (Å²) < 4.78 is 41.8. The van der Waals surface area contributed by atoms with Gasteiger partial charge in [-0.3, -0.25) is 4.79 Å². The average Bonchev–Trinajstić information content (AvgIpc) is 2.74. The van der Waals surface area contributed by atoms with Gasteiger partial charge in [0.15, 0.2) is 5.82 Å². The van der Waals surface area contributed by atoms with Gasteiger partial charge in [-0.2, -0.15) is 13.2 Å². The van der Waals surface area contributed by atoms with Crippen LogP contribution in [0, 0.1) is 6.92 Å². The lowest BCUT2D eigenvalue weighted by molar-refractivity contribution is -0.137. The zero-order valence-corrected chi connectivity index (χ0v) is 9.78. The Bertz CT molecular complexity index is 588. The average molecular weight is 270 g/mol. The van der Waals surface area contributed by atoms with Crippen LogP contribution >= 0.6 is 0 Å². The first-order chi connectivity index (χ1) is 8.86. The van der Waals surface area contributed by atoms with Crippen LogP contribution in [0.4, 0.5) is 19.0 Å². The molecule has 1 heterocycles. The van der Waals surface area contributed by atoms with Gasteiger partial charge >= 0.3 is 6.18 Å². The first kappa shape index (κ1) is 13.1. The van der Waals surface area contributed by atoms with Crippen molar-refractivity contribution in [2.45, 2.75) is 13.1 Å². The van der Waals surface area contributed by atoms with E-state index in [1.807, 2.05) is 0 Å². The number of aromatic nitrogens is 1. The number of carbonyl (C=O) groups excluding carboxylic acids is 1. The number of alkyl halides is 3. The number of benzene rings is 1. The number of amides is 1. The van der Waals surface area contributed by atoms with Crippen LogP contribution in [0.1, 0.15) is 21.7 Å². The Balaban J connectivity index is 2.12. The van der Waals surface area contributed by atoms with Crippen LogP contribution in [0.2, 0.25) is 0 Å². The minimum absolute atomic E-state index is 0.105. The third-order valence-corrected chi connectivity index (χ3v) is 2.34. The van der Waals surface area contributed by atoms with E-state index in [0.29, 0.717) is 5.76 Å². The molecule has 0 aliphatic carbocycles. The molecule has 0 spiro atoms. The number of nitrogens with one attached hydrogen (secondary N) is 1. The maximum atomic E-state index is 12.3. The highest BCUT2D eigenvalue weighted by Crippen LogP contribution is 2.29. The molecule has 7 heteroatoms. The maximum absolute atomic E-state index is 12.3. The van der Waals surface area contributed by atoms with Gasteiger partial charge in [-0.1, -0.05) is 5.16 Å². The van der Waals surface area contributed by atoms with Gasteiger partial charge in [0.25, 0.3) is 5.91 Å². The lowest BCUT2D eigenvalue weighted by atomic mass is 10.1. The van der Waals surface area contributed by atoms with Crippen LogP contribution in [0.15, 0.2) is 34.9 Å². The minimum atomic E-state index is -4.42. The van der Waals surface area contributed by atoms with E-state index >= 15 is 0 Å². The number of hydrogen-bond acceptors (Lipinski definition) is 3. The SMILES string of the molecule is Cc1cc(NC(=O)c2ccc(C(F)(F)F)cc2)no1. The fourth-order valence-corrected chi connectivity index (χ4v) is 1.42. The van der Waals surface area contributed by atoms with Crippen LogP contribution in [-0.2, 0) is 6.18 Å². The normalized spacial score (nSPS) is 11.4. The lowest BCUT2D eigenvalue weighted by Crippen LogP contribution is -2.13. The van der Waals surface area contributed by atoms with E-state index in [4.69, 9.17) is 4.52 Å². The molecule has 2 rings (SSSR count). The molecule has 0 bridgehead atoms. The predicted molar refractivity (Wildman–Crippen MR) is 60.6 cm³/mol. The molecule has 19 heavy (non-hydrogen) atoms. The zero-order valence-electron chi connectivity index (χ0n) is 9.78. The third kappa shape index (κ3) is 3.12. The van der Waals surface area contributed by atoms with E-state index in [1.54, 1.807) is 6.92 Å². The Morgan fingerprint density at radius 3 is 2.37 bits per heavy atom. The van der Waals surface area contributed by atoms with Gasteiger partial charge < -0.3 is 9.84 Å². The van der Waals surface area contributed by atoms with E-state index in [2.05, 4.69) is 10.5 Å². The second kappa shape index (κ2) is 4.75. The molecule has 0 aliphatic rings. The van der Waals surface area contributed by atoms with Gasteiger partial charge in [0, 0.05) is 11.6 Å². The van der Waals surface area contributed by atoms with Crippen molar-refractivity contribution in [3.63, 3.8) is 0 Å². The fourth-order valence-electron chi connectivity index (χ4n) is 1.42. The molecule has 4 nitrogen and oxygen atoms in total. The summed E-state index contributed by atoms with van der Waals surface area (Å²) in [5, 5.41) is 5.96. The van der Waals surface area contributed by atoms with E-state index in [1.165, 1.54) is 6.07 Å². The molecule has 1 aromatic carbocycles. The number of carbonyl (C=O) groups is 1. The first-order valence-electron chi connectivity index (χ1n) is 5.28. The number of hydrogen-bond donors (Lipinski definition) is 1. The lowest BCUT2D eigenvalue weighted by Gasteiger charge is -2.07. The van der Waals surface area contributed by atoms with Crippen molar-refractivity contribution in [1.82, 2.24) is 5.16 Å². The molecule has 1 N–H and O–H groups in total. The van der Waals surface area contributed by atoms with Crippen molar-refractivity contribution in [1.29, 1.82) is 0 Å². The van der Waals surface area contributed by atoms with E-state index < -0.39 is 17.6 Å². The second-order valence-corrected chi connectivity index (χ2v) is 3.85. The van der Waals surface area contributed by atoms with E-state index in [0.717, 1.165) is 24.3 Å². The zero-order chi connectivity index (χ0) is 14.0. The van der Waals surface area contributed by atoms with Gasteiger partial charge in [-0.25, -0.2) is 0 Å². The third-order valence-electron chi connectivity index (χ3n) is 2.34. The van der Waals surface area contributed by atoms with Gasteiger partial charge in [0.2, 0.25) is 0 Å². The van der Waals surface area contributed by atoms with Crippen LogP contribution in [0.25, 0.3) is 0 Å². The molecule has 0 aliphatic heterocycles. The predicted octanol–water partition coefficient (Wildman–Crippen LogP) is 3.25. The summed E-state index contributed by atoms with van der Waals surface area (Å²) in [6, 6.07) is 5.41. The second-order valence-electron chi connectivity index (χ2n) is 3.85. The number of rotatable bonds is 2. The number of nitrogens with zero attached hydrogens (tertiary/aromatic N) is 1. The summed E-state index contributed by atoms with van der Waals surface area (Å²) in [5.74, 6) is 0.173. The van der Waals surface area contributed by atoms with Gasteiger partial charge in [0.1, 0.15) is 5.76 Å². The van der Waals surface area contributed by atoms with Gasteiger partial charge in [-0.05, 0) is 31.2 Å². The largest absolute Gasteiger partial charge is 0.416 e. The number of aryl methyl sites for hydroxylation is 1. The van der Waals surface area contributed by atoms with E-state index in [9.17, 15) is 18.0 Å². The van der Waals surface area contributed by atoms with Crippen LogP contribution < -0.4 is 5.32 Å². The molecule has 100 valence electrons. The summed E-state index contributed by atoms with van der Waals surface area (Å²) in [6.45, 7) is 1.65. The van der Waals surface area contributed by atoms with Crippen molar-refractivity contribution >= 4 is 11.7 Å². The van der Waals surface area contributed by atoms with E-state index in [-0.39, 0.29) is 11.4 Å². The first-order valence-corrected chi connectivity index (χ1v) is 5.28. The molecule has 0 saturated carbocycles. The molecule has 0 unspecified atom stereocenters. The summed E-state index contributed by atoms with van der Waals surface area (Å²) in [7, 11) is 0. The smallest absolute Gasteiger partial charge is 0.360 e. The van der Waals surface area contributed by atoms with Crippen molar-refractivity contribution in [2.24, 2.45) is 0 Å². The van der Waals surface area contributed by atoms with Crippen LogP contribution in [-0.4, -0.2) is 11.1 Å². The summed E-state index contributed by atoms with van der Waals surface area (Å²) in [6.07, 6.45) is -4.42. The molecule has 2 aromatic rings. The molecule has 0 radical (unpaired) electrons. The Morgan fingerprint density at radius 2 is 1.89 bits per heavy atom. The minimum Gasteiger partial charge on any atom is -0.360 e. The van der Waals surface area contributed by atoms with Gasteiger partial charge in [-0.15, -0.1) is 0 Å². The Kier molecular flexibility index (Phi) is 3.28. The van der Waals surface area contributed by atoms with Crippen molar-refractivity contribution in [2.75, 3.05) is 5.32 Å². The van der Waals surface area contributed by atoms with Gasteiger partial charge in [0.05, 0.1) is 5.56 Å². The monoisotopic (exact) mass is 270 g/mol. The molecule has 1 amide bonds. The maximum Gasteiger partial charge on any atom is 0.416 e. The van der Waals surface area contributed by atoms with Crippen molar-refractivity contribution < 1.29 is 22.5 Å². The van der Waals surface area contributed by atoms with Crippen molar-refractivity contribution in [3.05, 3.63) is 47.2 Å². The fraction of sp³-hybridized carbons (Fsp3) is 0.167. The summed E-state index contributed by atoms with van der Waals surface area (Å²) in [5.41, 5.74) is -0.699. The quantitative estimate of drug-likeness (QED) is 0.911. The highest BCUT2D eigenvalue weighted by atomic mass is 19.4. The van der Waals surface area contributed by atoms with Crippen LogP contribution in [0.5, 0.6) is 0 Å². The molecule has 1 aromatic heterocycles. The molecular weight excluding hydrogens is 261 g/mol. The highest BCUT2D eigenvalue weighted by Gasteiger charge is 2.30. The number of anilines is 1. The molecule has 0 fully saturated rings. The van der Waals surface area contributed by atoms with Crippen molar-refractivity contribution in [3.8, 4) is 0 Å². The molecule has 0 saturated heterocycles. The molecular formula is C12H9F3N2O2. The summed E-state index contributed by atoms with van der Waals surface area (Å²) in [4.78, 5) is 11.7. The Hall–Kier alpha value is -2.31. The molecule has 0 atom stereocenters. The Labute approximate surface area is 106 Å². The highest BCUT2D eigenvalue weighted by molar-refractivity contribution is 6.03. The standard InChI is InChI=1S/C12H9F3N2O2/c1-7-6-10(17-19-7)16-11(18)8-2-4-9(5-3-8)12(13,14)15/h2-6H,1H3,(H,16,17,18). The summed E-state index contributed by atoms with van der Waals surface area (Å²) >= 11 is 0. The van der Waals surface area contributed by atoms with Crippen LogP contribution in [0.3, 0.4) is 0 Å². The number of halogens is 3. The Morgan fingerprint density at radius 1 is 1.26 bits per heavy atom. The topological polar surface area (TPSA) is 55.1 Å².